The second-order valence-corrected chi connectivity index (χ2v) is 5.40. The second kappa shape index (κ2) is 4.41. The Labute approximate surface area is 120 Å². The Morgan fingerprint density at radius 3 is 2.62 bits per heavy atom. The van der Waals surface area contributed by atoms with Crippen molar-refractivity contribution in [1.29, 1.82) is 0 Å². The number of aromatic amines is 1. The van der Waals surface area contributed by atoms with Crippen LogP contribution in [0.4, 0.5) is 0 Å². The summed E-state index contributed by atoms with van der Waals surface area (Å²) in [5, 5.41) is 9.01. The van der Waals surface area contributed by atoms with Crippen LogP contribution in [0, 0.1) is 0 Å². The van der Waals surface area contributed by atoms with Crippen LogP contribution in [-0.2, 0) is 12.8 Å². The molecule has 0 saturated carbocycles. The summed E-state index contributed by atoms with van der Waals surface area (Å²) in [7, 11) is 0. The van der Waals surface area contributed by atoms with Gasteiger partial charge in [-0.2, -0.15) is 0 Å². The van der Waals surface area contributed by atoms with Crippen LogP contribution in [0.15, 0.2) is 36.5 Å². The zero-order valence-corrected chi connectivity index (χ0v) is 11.2. The summed E-state index contributed by atoms with van der Waals surface area (Å²) in [5.41, 5.74) is 4.16. The molecule has 3 aromatic rings. The number of H-pyrrole nitrogens is 1. The fourth-order valence-corrected chi connectivity index (χ4v) is 2.98. The van der Waals surface area contributed by atoms with Gasteiger partial charge in [-0.3, -0.25) is 0 Å². The predicted molar refractivity (Wildman–Crippen MR) is 77.4 cm³/mol. The van der Waals surface area contributed by atoms with Crippen LogP contribution in [0.25, 0.3) is 11.2 Å². The van der Waals surface area contributed by atoms with E-state index in [0.717, 1.165) is 18.7 Å². The largest absolute Gasteiger partial charge is 0.478 e. The van der Waals surface area contributed by atoms with Crippen molar-refractivity contribution in [3.8, 4) is 0 Å². The van der Waals surface area contributed by atoms with Crippen molar-refractivity contribution in [2.45, 2.75) is 18.8 Å². The van der Waals surface area contributed by atoms with Gasteiger partial charge in [0.15, 0.2) is 5.65 Å². The predicted octanol–water partition coefficient (Wildman–Crippen LogP) is 2.54. The summed E-state index contributed by atoms with van der Waals surface area (Å²) in [6, 6.07) is 10.0. The van der Waals surface area contributed by atoms with Gasteiger partial charge in [0.1, 0.15) is 5.82 Å². The van der Waals surface area contributed by atoms with Gasteiger partial charge in [-0.05, 0) is 30.0 Å². The minimum Gasteiger partial charge on any atom is -0.478 e. The number of nitrogens with zero attached hydrogens (tertiary/aromatic N) is 2. The van der Waals surface area contributed by atoms with E-state index in [1.54, 1.807) is 6.07 Å². The fourth-order valence-electron chi connectivity index (χ4n) is 2.98. The van der Waals surface area contributed by atoms with Gasteiger partial charge < -0.3 is 10.1 Å². The summed E-state index contributed by atoms with van der Waals surface area (Å²) in [4.78, 5) is 22.9. The molecule has 0 saturated heterocycles. The number of rotatable bonds is 2. The SMILES string of the molecule is O=C(O)c1cnc2nc(C3Cc4ccccc4C3)[nH]c2c1. The van der Waals surface area contributed by atoms with Crippen LogP contribution in [0.5, 0.6) is 0 Å². The third-order valence-corrected chi connectivity index (χ3v) is 4.04. The van der Waals surface area contributed by atoms with Crippen molar-refractivity contribution >= 4 is 17.1 Å². The maximum Gasteiger partial charge on any atom is 0.337 e. The third-order valence-electron chi connectivity index (χ3n) is 4.04. The van der Waals surface area contributed by atoms with Gasteiger partial charge in [-0.1, -0.05) is 24.3 Å². The number of imidazole rings is 1. The highest BCUT2D eigenvalue weighted by atomic mass is 16.4. The van der Waals surface area contributed by atoms with Gasteiger partial charge in [0.25, 0.3) is 0 Å². The Morgan fingerprint density at radius 2 is 1.95 bits per heavy atom. The lowest BCUT2D eigenvalue weighted by atomic mass is 10.1. The normalized spacial score (nSPS) is 14.5. The fraction of sp³-hybridized carbons (Fsp3) is 0.188. The maximum absolute atomic E-state index is 11.0. The van der Waals surface area contributed by atoms with Gasteiger partial charge in [0.05, 0.1) is 11.1 Å². The molecule has 0 bridgehead atoms. The van der Waals surface area contributed by atoms with E-state index in [0.29, 0.717) is 17.1 Å². The van der Waals surface area contributed by atoms with E-state index in [4.69, 9.17) is 5.11 Å². The number of pyridine rings is 1. The Morgan fingerprint density at radius 1 is 1.24 bits per heavy atom. The lowest BCUT2D eigenvalue weighted by Crippen LogP contribution is -2.00. The number of fused-ring (bicyclic) bond motifs is 2. The molecule has 0 unspecified atom stereocenters. The van der Waals surface area contributed by atoms with Crippen LogP contribution >= 0.6 is 0 Å². The Kier molecular flexibility index (Phi) is 2.54. The molecule has 4 rings (SSSR count). The van der Waals surface area contributed by atoms with Gasteiger partial charge in [0, 0.05) is 12.1 Å². The van der Waals surface area contributed by atoms with E-state index in [2.05, 4.69) is 39.2 Å². The molecular formula is C16H13N3O2. The Hall–Kier alpha value is -2.69. The molecule has 0 spiro atoms. The number of benzene rings is 1. The highest BCUT2D eigenvalue weighted by Gasteiger charge is 2.25. The summed E-state index contributed by atoms with van der Waals surface area (Å²) >= 11 is 0. The van der Waals surface area contributed by atoms with Gasteiger partial charge in [0.2, 0.25) is 0 Å². The molecular weight excluding hydrogens is 266 g/mol. The minimum atomic E-state index is -0.978. The van der Waals surface area contributed by atoms with E-state index in [1.807, 2.05) is 0 Å². The van der Waals surface area contributed by atoms with E-state index >= 15 is 0 Å². The van der Waals surface area contributed by atoms with Crippen molar-refractivity contribution in [2.75, 3.05) is 0 Å². The molecule has 1 aromatic carbocycles. The number of carboxylic acids is 1. The average molecular weight is 279 g/mol. The van der Waals surface area contributed by atoms with Crippen LogP contribution in [0.2, 0.25) is 0 Å². The molecule has 0 amide bonds. The zero-order chi connectivity index (χ0) is 14.4. The number of carbonyl (C=O) groups is 1. The van der Waals surface area contributed by atoms with Crippen molar-refractivity contribution in [2.24, 2.45) is 0 Å². The van der Waals surface area contributed by atoms with E-state index < -0.39 is 5.97 Å². The number of hydrogen-bond acceptors (Lipinski definition) is 3. The highest BCUT2D eigenvalue weighted by Crippen LogP contribution is 2.33. The maximum atomic E-state index is 11.0. The molecule has 2 aromatic heterocycles. The Bertz CT molecular complexity index is 829. The Balaban J connectivity index is 1.71. The number of carboxylic acid groups (broad SMARTS) is 1. The topological polar surface area (TPSA) is 78.9 Å². The van der Waals surface area contributed by atoms with E-state index in [9.17, 15) is 4.79 Å². The van der Waals surface area contributed by atoms with Crippen LogP contribution < -0.4 is 0 Å². The number of nitrogens with one attached hydrogen (secondary N) is 1. The number of aromatic carboxylic acids is 1. The first-order valence-electron chi connectivity index (χ1n) is 6.86. The smallest absolute Gasteiger partial charge is 0.337 e. The lowest BCUT2D eigenvalue weighted by molar-refractivity contribution is 0.0696. The van der Waals surface area contributed by atoms with Crippen molar-refractivity contribution in [1.82, 2.24) is 15.0 Å². The third kappa shape index (κ3) is 1.98. The first kappa shape index (κ1) is 12.1. The van der Waals surface area contributed by atoms with Crippen molar-refractivity contribution in [3.05, 3.63) is 59.0 Å². The average Bonchev–Trinajstić information content (AvgIpc) is 3.09. The zero-order valence-electron chi connectivity index (χ0n) is 11.2. The van der Waals surface area contributed by atoms with E-state index in [-0.39, 0.29) is 5.56 Å². The minimum absolute atomic E-state index is 0.174. The molecule has 0 aliphatic heterocycles. The van der Waals surface area contributed by atoms with Gasteiger partial charge in [-0.15, -0.1) is 0 Å². The molecule has 1 aliphatic carbocycles. The van der Waals surface area contributed by atoms with Crippen molar-refractivity contribution in [3.63, 3.8) is 0 Å². The van der Waals surface area contributed by atoms with Crippen LogP contribution in [0.1, 0.15) is 33.2 Å². The monoisotopic (exact) mass is 279 g/mol. The van der Waals surface area contributed by atoms with E-state index in [1.165, 1.54) is 17.3 Å². The molecule has 1 aliphatic rings. The summed E-state index contributed by atoms with van der Waals surface area (Å²) < 4.78 is 0. The highest BCUT2D eigenvalue weighted by molar-refractivity contribution is 5.90. The summed E-state index contributed by atoms with van der Waals surface area (Å²) in [5.74, 6) is 0.218. The number of hydrogen-bond donors (Lipinski definition) is 2. The standard InChI is InChI=1S/C16H13N3O2/c20-16(21)12-7-13-15(17-8-12)19-14(18-13)11-5-9-3-1-2-4-10(9)6-11/h1-4,7-8,11H,5-6H2,(H,20,21)(H,17,18,19). The molecule has 5 heteroatoms. The molecule has 2 N–H and O–H groups in total. The van der Waals surface area contributed by atoms with Crippen LogP contribution in [-0.4, -0.2) is 26.0 Å². The molecule has 0 radical (unpaired) electrons. The van der Waals surface area contributed by atoms with Gasteiger partial charge >= 0.3 is 5.97 Å². The van der Waals surface area contributed by atoms with Crippen LogP contribution in [0.3, 0.4) is 0 Å². The molecule has 5 nitrogen and oxygen atoms in total. The van der Waals surface area contributed by atoms with Gasteiger partial charge in [-0.25, -0.2) is 14.8 Å². The molecule has 21 heavy (non-hydrogen) atoms. The van der Waals surface area contributed by atoms with Crippen molar-refractivity contribution < 1.29 is 9.90 Å². The summed E-state index contributed by atoms with van der Waals surface area (Å²) in [6.07, 6.45) is 3.27. The first-order valence-corrected chi connectivity index (χ1v) is 6.86. The molecule has 104 valence electrons. The lowest BCUT2D eigenvalue weighted by Gasteiger charge is -2.03. The second-order valence-electron chi connectivity index (χ2n) is 5.40. The first-order chi connectivity index (χ1) is 10.2. The number of aromatic nitrogens is 3. The molecule has 0 fully saturated rings. The quantitative estimate of drug-likeness (QED) is 0.755. The molecule has 0 atom stereocenters. The summed E-state index contributed by atoms with van der Waals surface area (Å²) in [6.45, 7) is 0. The molecule has 2 heterocycles.